The topological polar surface area (TPSA) is 79.4 Å². The van der Waals surface area contributed by atoms with Crippen LogP contribution in [0, 0.1) is 5.82 Å². The number of rotatable bonds is 4. The lowest BCUT2D eigenvalue weighted by atomic mass is 10.1. The summed E-state index contributed by atoms with van der Waals surface area (Å²) in [5.41, 5.74) is 1.29. The Kier molecular flexibility index (Phi) is 5.58. The van der Waals surface area contributed by atoms with Crippen LogP contribution in [0.4, 0.5) is 26.4 Å². The van der Waals surface area contributed by atoms with Gasteiger partial charge in [-0.1, -0.05) is 17.7 Å². The van der Waals surface area contributed by atoms with Crippen LogP contribution in [-0.2, 0) is 4.74 Å². The van der Waals surface area contributed by atoms with Gasteiger partial charge in [-0.3, -0.25) is 0 Å². The Balaban J connectivity index is 1.48. The number of hydrogen-bond acceptors (Lipinski definition) is 6. The summed E-state index contributed by atoms with van der Waals surface area (Å²) in [7, 11) is 0. The maximum Gasteiger partial charge on any atom is 0.410 e. The van der Waals surface area contributed by atoms with Crippen LogP contribution in [-0.4, -0.2) is 45.7 Å². The molecule has 1 saturated heterocycles. The maximum atomic E-state index is 14.3. The molecule has 162 valence electrons. The van der Waals surface area contributed by atoms with Gasteiger partial charge in [-0.2, -0.15) is 0 Å². The first-order valence-corrected chi connectivity index (χ1v) is 10.3. The Morgan fingerprint density at radius 2 is 2.00 bits per heavy atom. The van der Waals surface area contributed by atoms with Gasteiger partial charge in [0.1, 0.15) is 17.7 Å². The van der Waals surface area contributed by atoms with Gasteiger partial charge in [-0.25, -0.2) is 19.2 Å². The van der Waals surface area contributed by atoms with E-state index in [9.17, 15) is 9.18 Å². The van der Waals surface area contributed by atoms with E-state index < -0.39 is 11.4 Å². The number of amides is 1. The van der Waals surface area contributed by atoms with Gasteiger partial charge in [-0.15, -0.1) is 0 Å². The molecule has 0 aliphatic carbocycles. The molecule has 4 rings (SSSR count). The first-order chi connectivity index (χ1) is 14.7. The second-order valence-corrected chi connectivity index (χ2v) is 8.81. The van der Waals surface area contributed by atoms with E-state index in [1.54, 1.807) is 17.0 Å². The van der Waals surface area contributed by atoms with Crippen LogP contribution in [0.3, 0.4) is 0 Å². The summed E-state index contributed by atoms with van der Waals surface area (Å²) in [5.74, 6) is -0.0688. The van der Waals surface area contributed by atoms with Crippen LogP contribution >= 0.6 is 11.6 Å². The number of benzene rings is 2. The predicted molar refractivity (Wildman–Crippen MR) is 119 cm³/mol. The molecule has 7 nitrogen and oxygen atoms in total. The summed E-state index contributed by atoms with van der Waals surface area (Å²) >= 11 is 5.88. The minimum absolute atomic E-state index is 0.0326. The van der Waals surface area contributed by atoms with E-state index in [1.807, 2.05) is 39.0 Å². The van der Waals surface area contributed by atoms with Crippen molar-refractivity contribution in [1.29, 1.82) is 0 Å². The van der Waals surface area contributed by atoms with Gasteiger partial charge in [0.05, 0.1) is 22.3 Å². The quantitative estimate of drug-likeness (QED) is 0.577. The molecule has 1 aliphatic rings. The van der Waals surface area contributed by atoms with Gasteiger partial charge in [0, 0.05) is 24.2 Å². The van der Waals surface area contributed by atoms with Crippen LogP contribution < -0.4 is 10.6 Å². The van der Waals surface area contributed by atoms with E-state index in [-0.39, 0.29) is 22.8 Å². The first-order valence-electron chi connectivity index (χ1n) is 9.90. The predicted octanol–water partition coefficient (Wildman–Crippen LogP) is 5.20. The standard InChI is InChI=1S/C22H23ClFN5O2/c1-22(2,3)31-21(30)29-10-14(11-29)27-13-7-8-17-15(9-13)20(26-12-25-17)28-18-6-4-5-16(23)19(18)24/h4-9,12,14,27H,10-11H2,1-3H3,(H,25,26,28). The van der Waals surface area contributed by atoms with E-state index in [0.29, 0.717) is 18.9 Å². The third-order valence-corrected chi connectivity index (χ3v) is 5.04. The summed E-state index contributed by atoms with van der Waals surface area (Å²) in [5, 5.41) is 7.17. The Morgan fingerprint density at radius 3 is 2.74 bits per heavy atom. The lowest BCUT2D eigenvalue weighted by molar-refractivity contribution is 0.0105. The zero-order chi connectivity index (χ0) is 22.2. The van der Waals surface area contributed by atoms with Crippen molar-refractivity contribution in [3.05, 3.63) is 53.6 Å². The number of likely N-dealkylation sites (tertiary alicyclic amines) is 1. The number of carbonyl (C=O) groups is 1. The van der Waals surface area contributed by atoms with Gasteiger partial charge < -0.3 is 20.3 Å². The minimum atomic E-state index is -0.540. The van der Waals surface area contributed by atoms with Crippen LogP contribution in [0.1, 0.15) is 20.8 Å². The second kappa shape index (κ2) is 8.19. The highest BCUT2D eigenvalue weighted by molar-refractivity contribution is 6.31. The molecule has 1 fully saturated rings. The summed E-state index contributed by atoms with van der Waals surface area (Å²) in [4.78, 5) is 22.3. The fourth-order valence-electron chi connectivity index (χ4n) is 3.26. The van der Waals surface area contributed by atoms with Crippen molar-refractivity contribution in [2.75, 3.05) is 23.7 Å². The fourth-order valence-corrected chi connectivity index (χ4v) is 3.43. The molecule has 2 N–H and O–H groups in total. The van der Waals surface area contributed by atoms with Crippen LogP contribution in [0.25, 0.3) is 10.9 Å². The van der Waals surface area contributed by atoms with Crippen molar-refractivity contribution >= 4 is 45.8 Å². The lowest BCUT2D eigenvalue weighted by Gasteiger charge is -2.40. The molecule has 1 aromatic heterocycles. The zero-order valence-electron chi connectivity index (χ0n) is 17.4. The van der Waals surface area contributed by atoms with Crippen LogP contribution in [0.5, 0.6) is 0 Å². The number of aromatic nitrogens is 2. The van der Waals surface area contributed by atoms with Crippen molar-refractivity contribution in [1.82, 2.24) is 14.9 Å². The molecule has 2 heterocycles. The fraction of sp³-hybridized carbons (Fsp3) is 0.318. The van der Waals surface area contributed by atoms with Gasteiger partial charge in [0.15, 0.2) is 5.82 Å². The third kappa shape index (κ3) is 4.80. The highest BCUT2D eigenvalue weighted by Gasteiger charge is 2.33. The average Bonchev–Trinajstić information content (AvgIpc) is 2.66. The Labute approximate surface area is 184 Å². The molecule has 1 amide bonds. The molecule has 2 aromatic carbocycles. The largest absolute Gasteiger partial charge is 0.444 e. The normalized spacial score (nSPS) is 14.3. The Hall–Kier alpha value is -3.13. The molecule has 0 saturated carbocycles. The zero-order valence-corrected chi connectivity index (χ0v) is 18.2. The lowest BCUT2D eigenvalue weighted by Crippen LogP contribution is -2.57. The number of anilines is 3. The van der Waals surface area contributed by atoms with Crippen molar-refractivity contribution in [3.63, 3.8) is 0 Å². The number of carbonyl (C=O) groups excluding carboxylic acids is 1. The first kappa shape index (κ1) is 21.1. The van der Waals surface area contributed by atoms with Gasteiger partial charge in [0.2, 0.25) is 0 Å². The smallest absolute Gasteiger partial charge is 0.410 e. The van der Waals surface area contributed by atoms with Gasteiger partial charge in [0.25, 0.3) is 0 Å². The number of ether oxygens (including phenoxy) is 1. The molecule has 0 spiro atoms. The monoisotopic (exact) mass is 443 g/mol. The number of nitrogens with zero attached hydrogens (tertiary/aromatic N) is 3. The van der Waals surface area contributed by atoms with Crippen LogP contribution in [0.2, 0.25) is 5.02 Å². The summed E-state index contributed by atoms with van der Waals surface area (Å²) < 4.78 is 19.7. The third-order valence-electron chi connectivity index (χ3n) is 4.74. The highest BCUT2D eigenvalue weighted by Crippen LogP contribution is 2.29. The van der Waals surface area contributed by atoms with Crippen molar-refractivity contribution < 1.29 is 13.9 Å². The number of halogens is 2. The minimum Gasteiger partial charge on any atom is -0.444 e. The molecule has 3 aromatic rings. The van der Waals surface area contributed by atoms with E-state index in [2.05, 4.69) is 20.6 Å². The SMILES string of the molecule is CC(C)(C)OC(=O)N1CC(Nc2ccc3ncnc(Nc4cccc(Cl)c4F)c3c2)C1. The van der Waals surface area contributed by atoms with Crippen molar-refractivity contribution in [3.8, 4) is 0 Å². The van der Waals surface area contributed by atoms with E-state index >= 15 is 0 Å². The highest BCUT2D eigenvalue weighted by atomic mass is 35.5. The van der Waals surface area contributed by atoms with E-state index in [4.69, 9.17) is 16.3 Å². The summed E-state index contributed by atoms with van der Waals surface area (Å²) in [6, 6.07) is 10.5. The molecule has 0 bridgehead atoms. The van der Waals surface area contributed by atoms with E-state index in [0.717, 1.165) is 16.6 Å². The molecule has 0 radical (unpaired) electrons. The van der Waals surface area contributed by atoms with E-state index in [1.165, 1.54) is 12.4 Å². The second-order valence-electron chi connectivity index (χ2n) is 8.41. The maximum absolute atomic E-state index is 14.3. The molecule has 0 unspecified atom stereocenters. The summed E-state index contributed by atoms with van der Waals surface area (Å²) in [6.07, 6.45) is 1.11. The van der Waals surface area contributed by atoms with Crippen molar-refractivity contribution in [2.45, 2.75) is 32.4 Å². The molecule has 9 heteroatoms. The number of nitrogens with one attached hydrogen (secondary N) is 2. The molecule has 0 atom stereocenters. The van der Waals surface area contributed by atoms with Crippen LogP contribution in [0.15, 0.2) is 42.7 Å². The molecule has 31 heavy (non-hydrogen) atoms. The number of hydrogen-bond donors (Lipinski definition) is 2. The van der Waals surface area contributed by atoms with Gasteiger partial charge >= 0.3 is 6.09 Å². The Morgan fingerprint density at radius 1 is 1.23 bits per heavy atom. The van der Waals surface area contributed by atoms with Gasteiger partial charge in [-0.05, 0) is 51.1 Å². The number of fused-ring (bicyclic) bond motifs is 1. The summed E-state index contributed by atoms with van der Waals surface area (Å²) in [6.45, 7) is 6.64. The average molecular weight is 444 g/mol. The van der Waals surface area contributed by atoms with Crippen molar-refractivity contribution in [2.24, 2.45) is 0 Å². The molecular formula is C22H23ClFN5O2. The molecule has 1 aliphatic heterocycles. The molecular weight excluding hydrogens is 421 g/mol. The Bertz CT molecular complexity index is 1130.